The molecule has 1 aliphatic rings. The van der Waals surface area contributed by atoms with Crippen molar-refractivity contribution in [1.29, 1.82) is 0 Å². The Morgan fingerprint density at radius 1 is 1.27 bits per heavy atom. The van der Waals surface area contributed by atoms with Crippen molar-refractivity contribution in [2.75, 3.05) is 13.2 Å². The highest BCUT2D eigenvalue weighted by atomic mass is 19.1. The number of nitrogens with one attached hydrogen (secondary N) is 1. The van der Waals surface area contributed by atoms with E-state index in [4.69, 9.17) is 4.74 Å². The van der Waals surface area contributed by atoms with Crippen molar-refractivity contribution in [3.63, 3.8) is 0 Å². The normalized spacial score (nSPS) is 16.0. The average molecular weight is 305 g/mol. The smallest absolute Gasteiger partial charge is 0.254 e. The van der Waals surface area contributed by atoms with E-state index in [0.717, 1.165) is 12.1 Å². The van der Waals surface area contributed by atoms with E-state index in [2.05, 4.69) is 15.5 Å². The fourth-order valence-corrected chi connectivity index (χ4v) is 2.47. The number of amides is 1. The zero-order valence-electron chi connectivity index (χ0n) is 11.8. The number of hydrogen-bond acceptors (Lipinski definition) is 4. The highest BCUT2D eigenvalue weighted by Gasteiger charge is 2.45. The van der Waals surface area contributed by atoms with Gasteiger partial charge in [-0.2, -0.15) is 10.2 Å². The molecule has 0 radical (unpaired) electrons. The number of hydrogen-bond donors (Lipinski definition) is 1. The molecule has 0 saturated carbocycles. The van der Waals surface area contributed by atoms with Gasteiger partial charge in [0, 0.05) is 0 Å². The summed E-state index contributed by atoms with van der Waals surface area (Å²) in [6.07, 6.45) is 1.38. The quantitative estimate of drug-likeness (QED) is 0.938. The molecule has 1 aromatic heterocycles. The van der Waals surface area contributed by atoms with Gasteiger partial charge in [0.2, 0.25) is 0 Å². The van der Waals surface area contributed by atoms with Crippen LogP contribution in [0.15, 0.2) is 30.5 Å². The Balaban J connectivity index is 1.95. The molecule has 0 bridgehead atoms. The van der Waals surface area contributed by atoms with Gasteiger partial charge >= 0.3 is 0 Å². The second-order valence-corrected chi connectivity index (χ2v) is 5.16. The molecule has 0 aliphatic carbocycles. The van der Waals surface area contributed by atoms with Gasteiger partial charge in [-0.25, -0.2) is 8.78 Å². The summed E-state index contributed by atoms with van der Waals surface area (Å²) >= 11 is 0. The summed E-state index contributed by atoms with van der Waals surface area (Å²) in [5.41, 5.74) is -0.654. The molecule has 1 amide bonds. The number of carbonyl (C=O) groups is 1. The van der Waals surface area contributed by atoms with E-state index >= 15 is 0 Å². The first-order chi connectivity index (χ1) is 10.5. The van der Waals surface area contributed by atoms with Gasteiger partial charge in [0.05, 0.1) is 36.2 Å². The predicted molar refractivity (Wildman–Crippen MR) is 73.1 cm³/mol. The molecule has 0 unspecified atom stereocenters. The lowest BCUT2D eigenvalue weighted by atomic mass is 9.86. The minimum Gasteiger partial charge on any atom is -0.376 e. The zero-order chi connectivity index (χ0) is 15.7. The summed E-state index contributed by atoms with van der Waals surface area (Å²) < 4.78 is 33.2. The molecule has 3 rings (SSSR count). The van der Waals surface area contributed by atoms with Crippen LogP contribution >= 0.6 is 0 Å². The molecular formula is C15H13F2N3O2. The second-order valence-electron chi connectivity index (χ2n) is 5.16. The third kappa shape index (κ3) is 2.33. The number of halogens is 2. The number of nitrogens with zero attached hydrogens (tertiary/aromatic N) is 2. The first-order valence-corrected chi connectivity index (χ1v) is 6.66. The van der Waals surface area contributed by atoms with Crippen LogP contribution in [0.25, 0.3) is 0 Å². The highest BCUT2D eigenvalue weighted by Crippen LogP contribution is 2.33. The van der Waals surface area contributed by atoms with Crippen LogP contribution in [0.3, 0.4) is 0 Å². The molecule has 1 N–H and O–H groups in total. The van der Waals surface area contributed by atoms with E-state index in [1.807, 2.05) is 0 Å². The van der Waals surface area contributed by atoms with Gasteiger partial charge in [0.1, 0.15) is 17.2 Å². The zero-order valence-corrected chi connectivity index (χ0v) is 11.8. The van der Waals surface area contributed by atoms with Crippen molar-refractivity contribution in [2.24, 2.45) is 0 Å². The van der Waals surface area contributed by atoms with Gasteiger partial charge in [-0.3, -0.25) is 4.79 Å². The van der Waals surface area contributed by atoms with Crippen molar-refractivity contribution in [3.8, 4) is 0 Å². The lowest BCUT2D eigenvalue weighted by Crippen LogP contribution is -2.60. The van der Waals surface area contributed by atoms with Gasteiger partial charge in [-0.15, -0.1) is 0 Å². The Kier molecular flexibility index (Phi) is 3.58. The van der Waals surface area contributed by atoms with Crippen LogP contribution in [-0.2, 0) is 10.3 Å². The molecule has 114 valence electrons. The largest absolute Gasteiger partial charge is 0.376 e. The van der Waals surface area contributed by atoms with E-state index < -0.39 is 23.1 Å². The first kappa shape index (κ1) is 14.5. The van der Waals surface area contributed by atoms with Crippen molar-refractivity contribution >= 4 is 5.91 Å². The molecule has 0 spiro atoms. The predicted octanol–water partition coefficient (Wildman–Crippen LogP) is 1.72. The third-order valence-corrected chi connectivity index (χ3v) is 3.64. The Labute approximate surface area is 125 Å². The Bertz CT molecular complexity index is 712. The van der Waals surface area contributed by atoms with Crippen LogP contribution in [0.4, 0.5) is 8.78 Å². The summed E-state index contributed by atoms with van der Waals surface area (Å²) in [7, 11) is 0. The van der Waals surface area contributed by atoms with Crippen LogP contribution in [0, 0.1) is 18.6 Å². The molecule has 5 nitrogen and oxygen atoms in total. The van der Waals surface area contributed by atoms with E-state index in [1.54, 1.807) is 6.92 Å². The lowest BCUT2D eigenvalue weighted by molar-refractivity contribution is -0.0765. The topological polar surface area (TPSA) is 64.1 Å². The van der Waals surface area contributed by atoms with Crippen molar-refractivity contribution < 1.29 is 18.3 Å². The number of ether oxygens (including phenoxy) is 1. The van der Waals surface area contributed by atoms with Crippen LogP contribution < -0.4 is 5.32 Å². The molecule has 1 aliphatic heterocycles. The van der Waals surface area contributed by atoms with Crippen molar-refractivity contribution in [1.82, 2.24) is 15.5 Å². The molecule has 2 aromatic rings. The monoisotopic (exact) mass is 305 g/mol. The molecule has 2 heterocycles. The molecule has 1 saturated heterocycles. The van der Waals surface area contributed by atoms with Crippen molar-refractivity contribution in [2.45, 2.75) is 12.5 Å². The SMILES string of the molecule is Cc1nnccc1C(=O)NC1(c2c(F)cccc2F)COC1. The molecule has 0 atom stereocenters. The number of aryl methyl sites for hydroxylation is 1. The minimum atomic E-state index is -1.21. The Hall–Kier alpha value is -2.41. The maximum Gasteiger partial charge on any atom is 0.254 e. The molecule has 7 heteroatoms. The first-order valence-electron chi connectivity index (χ1n) is 6.66. The standard InChI is InChI=1S/C15H13F2N3O2/c1-9-10(5-6-18-20-9)14(21)19-15(7-22-8-15)13-11(16)3-2-4-12(13)17/h2-6H,7-8H2,1H3,(H,19,21). The average Bonchev–Trinajstić information content (AvgIpc) is 2.44. The van der Waals surface area contributed by atoms with Gasteiger partial charge < -0.3 is 10.1 Å². The van der Waals surface area contributed by atoms with Crippen LogP contribution in [0.1, 0.15) is 21.6 Å². The van der Waals surface area contributed by atoms with E-state index in [0.29, 0.717) is 11.3 Å². The summed E-state index contributed by atoms with van der Waals surface area (Å²) in [6.45, 7) is 1.65. The highest BCUT2D eigenvalue weighted by molar-refractivity contribution is 5.95. The Morgan fingerprint density at radius 2 is 1.95 bits per heavy atom. The fourth-order valence-electron chi connectivity index (χ4n) is 2.47. The van der Waals surface area contributed by atoms with Crippen molar-refractivity contribution in [3.05, 3.63) is 58.9 Å². The van der Waals surface area contributed by atoms with Gasteiger partial charge in [-0.1, -0.05) is 6.07 Å². The number of rotatable bonds is 3. The number of benzene rings is 1. The molecule has 1 aromatic carbocycles. The Morgan fingerprint density at radius 3 is 2.50 bits per heavy atom. The molecule has 22 heavy (non-hydrogen) atoms. The third-order valence-electron chi connectivity index (χ3n) is 3.64. The van der Waals surface area contributed by atoms with Crippen LogP contribution in [0.2, 0.25) is 0 Å². The summed E-state index contributed by atoms with van der Waals surface area (Å²) in [5.74, 6) is -1.90. The van der Waals surface area contributed by atoms with E-state index in [1.165, 1.54) is 18.3 Å². The van der Waals surface area contributed by atoms with Gasteiger partial charge in [-0.05, 0) is 25.1 Å². The summed E-state index contributed by atoms with van der Waals surface area (Å²) in [4.78, 5) is 12.4. The van der Waals surface area contributed by atoms with Crippen LogP contribution in [0.5, 0.6) is 0 Å². The van der Waals surface area contributed by atoms with E-state index in [-0.39, 0.29) is 18.8 Å². The molecule has 1 fully saturated rings. The molecular weight excluding hydrogens is 292 g/mol. The minimum absolute atomic E-state index is 0.00809. The second kappa shape index (κ2) is 5.42. The van der Waals surface area contributed by atoms with Gasteiger partial charge in [0.25, 0.3) is 5.91 Å². The maximum atomic E-state index is 14.0. The lowest BCUT2D eigenvalue weighted by Gasteiger charge is -2.42. The van der Waals surface area contributed by atoms with E-state index in [9.17, 15) is 13.6 Å². The summed E-state index contributed by atoms with van der Waals surface area (Å²) in [5, 5.41) is 10.1. The number of carbonyl (C=O) groups excluding carboxylic acids is 1. The number of aromatic nitrogens is 2. The maximum absolute atomic E-state index is 14.0. The van der Waals surface area contributed by atoms with Crippen LogP contribution in [-0.4, -0.2) is 29.3 Å². The fraction of sp³-hybridized carbons (Fsp3) is 0.267. The van der Waals surface area contributed by atoms with Gasteiger partial charge in [0.15, 0.2) is 0 Å². The summed E-state index contributed by atoms with van der Waals surface area (Å²) in [6, 6.07) is 5.09.